The smallest absolute Gasteiger partial charge is 0.251 e. The van der Waals surface area contributed by atoms with Crippen molar-refractivity contribution < 1.29 is 23.0 Å². The first kappa shape index (κ1) is 24.9. The van der Waals surface area contributed by atoms with E-state index < -0.39 is 5.92 Å². The number of halogens is 3. The molecule has 2 aromatic rings. The molecule has 192 valence electrons. The molecule has 1 fully saturated rings. The Balaban J connectivity index is 1.44. The standard InChI is InChI=1S/C30H34F3NO2/c31-16-2-17-34-18-13-26(20-34)36-25-8-5-22(6-9-25)29-27(21-11-14-30(32,33)15-12-21)4-1-3-23-19-24(35)7-10-28(23)29/h5-11,19,26,35H,1-4,12-18,20H2. The highest BCUT2D eigenvalue weighted by Gasteiger charge is 2.33. The van der Waals surface area contributed by atoms with Gasteiger partial charge in [0.05, 0.1) is 6.67 Å². The van der Waals surface area contributed by atoms with Crippen molar-refractivity contribution in [3.05, 3.63) is 76.4 Å². The molecule has 3 aliphatic rings. The summed E-state index contributed by atoms with van der Waals surface area (Å²) in [4.78, 5) is 2.25. The predicted octanol–water partition coefficient (Wildman–Crippen LogP) is 7.09. The maximum atomic E-state index is 13.9. The second-order valence-corrected chi connectivity index (χ2v) is 10.2. The minimum Gasteiger partial charge on any atom is -0.508 e. The Morgan fingerprint density at radius 2 is 1.89 bits per heavy atom. The van der Waals surface area contributed by atoms with Crippen LogP contribution in [-0.2, 0) is 6.42 Å². The highest BCUT2D eigenvalue weighted by atomic mass is 19.3. The topological polar surface area (TPSA) is 32.7 Å². The first-order valence-corrected chi connectivity index (χ1v) is 13.1. The third-order valence-corrected chi connectivity index (χ3v) is 7.61. The number of phenols is 1. The summed E-state index contributed by atoms with van der Waals surface area (Å²) in [5.74, 6) is -1.58. The van der Waals surface area contributed by atoms with Crippen molar-refractivity contribution in [2.24, 2.45) is 0 Å². The molecule has 0 bridgehead atoms. The number of fused-ring (bicyclic) bond motifs is 1. The number of phenolic OH excluding ortho intramolecular Hbond substituents is 1. The lowest BCUT2D eigenvalue weighted by atomic mass is 9.83. The molecule has 2 aromatic carbocycles. The first-order valence-electron chi connectivity index (χ1n) is 13.1. The number of aryl methyl sites for hydroxylation is 1. The first-order chi connectivity index (χ1) is 17.4. The molecule has 1 unspecified atom stereocenters. The van der Waals surface area contributed by atoms with Crippen molar-refractivity contribution in [2.45, 2.75) is 63.4 Å². The summed E-state index contributed by atoms with van der Waals surface area (Å²) in [6.07, 6.45) is 5.93. The third kappa shape index (κ3) is 5.64. The fourth-order valence-electron chi connectivity index (χ4n) is 5.77. The molecule has 0 amide bonds. The number of benzene rings is 2. The minimum atomic E-state index is -2.63. The molecule has 3 nitrogen and oxygen atoms in total. The Labute approximate surface area is 211 Å². The van der Waals surface area contributed by atoms with Gasteiger partial charge in [-0.25, -0.2) is 8.78 Å². The lowest BCUT2D eigenvalue weighted by Gasteiger charge is -2.25. The zero-order valence-electron chi connectivity index (χ0n) is 20.6. The van der Waals surface area contributed by atoms with Gasteiger partial charge in [-0.2, -0.15) is 0 Å². The maximum absolute atomic E-state index is 13.9. The van der Waals surface area contributed by atoms with Gasteiger partial charge in [-0.1, -0.05) is 24.3 Å². The van der Waals surface area contributed by atoms with Crippen molar-refractivity contribution in [3.8, 4) is 11.5 Å². The van der Waals surface area contributed by atoms with E-state index in [0.717, 1.165) is 84.5 Å². The zero-order valence-corrected chi connectivity index (χ0v) is 20.6. The SMILES string of the molecule is Oc1ccc2c(c1)CCCC(C1=CCC(F)(F)CC1)=C2c1ccc(OC2CCN(CCCF)C2)cc1. The van der Waals surface area contributed by atoms with Gasteiger partial charge >= 0.3 is 0 Å². The van der Waals surface area contributed by atoms with Crippen molar-refractivity contribution in [3.63, 3.8) is 0 Å². The van der Waals surface area contributed by atoms with E-state index in [4.69, 9.17) is 4.74 Å². The summed E-state index contributed by atoms with van der Waals surface area (Å²) in [5.41, 5.74) is 6.41. The highest BCUT2D eigenvalue weighted by Crippen LogP contribution is 2.43. The van der Waals surface area contributed by atoms with Gasteiger partial charge in [-0.3, -0.25) is 9.29 Å². The number of ether oxygens (including phenoxy) is 1. The van der Waals surface area contributed by atoms with Crippen LogP contribution in [0.4, 0.5) is 13.2 Å². The van der Waals surface area contributed by atoms with E-state index >= 15 is 0 Å². The Bertz CT molecular complexity index is 1140. The Morgan fingerprint density at radius 3 is 2.64 bits per heavy atom. The van der Waals surface area contributed by atoms with Crippen LogP contribution in [0.2, 0.25) is 0 Å². The largest absolute Gasteiger partial charge is 0.508 e. The second-order valence-electron chi connectivity index (χ2n) is 10.2. The Hall–Kier alpha value is -2.73. The van der Waals surface area contributed by atoms with E-state index in [2.05, 4.69) is 17.0 Å². The van der Waals surface area contributed by atoms with E-state index in [9.17, 15) is 18.3 Å². The Morgan fingerprint density at radius 1 is 1.06 bits per heavy atom. The summed E-state index contributed by atoms with van der Waals surface area (Å²) < 4.78 is 46.5. The number of allylic oxidation sites excluding steroid dienone is 3. The fraction of sp³-hybridized carbons (Fsp3) is 0.467. The lowest BCUT2D eigenvalue weighted by molar-refractivity contribution is -0.00837. The van der Waals surface area contributed by atoms with Gasteiger partial charge in [0.25, 0.3) is 5.92 Å². The summed E-state index contributed by atoms with van der Waals surface area (Å²) in [6.45, 7) is 2.22. The van der Waals surface area contributed by atoms with Gasteiger partial charge in [0, 0.05) is 32.5 Å². The van der Waals surface area contributed by atoms with Crippen molar-refractivity contribution >= 4 is 5.57 Å². The molecule has 5 rings (SSSR count). The molecule has 0 spiro atoms. The molecule has 1 aliphatic heterocycles. The van der Waals surface area contributed by atoms with Crippen LogP contribution in [0.25, 0.3) is 5.57 Å². The average Bonchev–Trinajstić information content (AvgIpc) is 3.22. The van der Waals surface area contributed by atoms with E-state index in [0.29, 0.717) is 12.8 Å². The van der Waals surface area contributed by atoms with Gasteiger partial charge in [0.15, 0.2) is 0 Å². The number of likely N-dealkylation sites (tertiary alicyclic amines) is 1. The number of hydrogen-bond donors (Lipinski definition) is 1. The van der Waals surface area contributed by atoms with Crippen LogP contribution in [0, 0.1) is 0 Å². The van der Waals surface area contributed by atoms with E-state index in [1.165, 1.54) is 0 Å². The number of alkyl halides is 3. The summed E-state index contributed by atoms with van der Waals surface area (Å²) in [7, 11) is 0. The summed E-state index contributed by atoms with van der Waals surface area (Å²) in [5, 5.41) is 10.1. The Kier molecular flexibility index (Phi) is 7.42. The molecule has 2 aliphatic carbocycles. The van der Waals surface area contributed by atoms with E-state index in [1.54, 1.807) is 12.1 Å². The van der Waals surface area contributed by atoms with Crippen LogP contribution in [0.1, 0.15) is 61.6 Å². The molecule has 0 aromatic heterocycles. The molecule has 1 saturated heterocycles. The number of rotatable bonds is 7. The van der Waals surface area contributed by atoms with E-state index in [-0.39, 0.29) is 31.4 Å². The second kappa shape index (κ2) is 10.7. The summed E-state index contributed by atoms with van der Waals surface area (Å²) >= 11 is 0. The zero-order chi connectivity index (χ0) is 25.1. The van der Waals surface area contributed by atoms with Gasteiger partial charge < -0.3 is 9.84 Å². The van der Waals surface area contributed by atoms with Crippen LogP contribution in [0.3, 0.4) is 0 Å². The molecular formula is C30H34F3NO2. The molecule has 1 heterocycles. The fourth-order valence-corrected chi connectivity index (χ4v) is 5.77. The molecule has 36 heavy (non-hydrogen) atoms. The van der Waals surface area contributed by atoms with Crippen molar-refractivity contribution in [1.82, 2.24) is 4.90 Å². The molecule has 6 heteroatoms. The third-order valence-electron chi connectivity index (χ3n) is 7.61. The number of nitrogens with zero attached hydrogens (tertiary/aromatic N) is 1. The monoisotopic (exact) mass is 497 g/mol. The molecule has 0 saturated carbocycles. The molecule has 0 radical (unpaired) electrons. The molecule has 1 N–H and O–H groups in total. The quantitative estimate of drug-likeness (QED) is 0.443. The maximum Gasteiger partial charge on any atom is 0.251 e. The normalized spacial score (nSPS) is 22.2. The summed E-state index contributed by atoms with van der Waals surface area (Å²) in [6, 6.07) is 13.6. The van der Waals surface area contributed by atoms with Gasteiger partial charge in [0.1, 0.15) is 17.6 Å². The van der Waals surface area contributed by atoms with Crippen LogP contribution >= 0.6 is 0 Å². The molecule has 1 atom stereocenters. The number of aromatic hydroxyl groups is 1. The van der Waals surface area contributed by atoms with Crippen molar-refractivity contribution in [1.29, 1.82) is 0 Å². The van der Waals surface area contributed by atoms with Crippen LogP contribution in [0.15, 0.2) is 59.7 Å². The highest BCUT2D eigenvalue weighted by molar-refractivity contribution is 5.87. The number of hydrogen-bond acceptors (Lipinski definition) is 3. The molecular weight excluding hydrogens is 463 g/mol. The van der Waals surface area contributed by atoms with E-state index in [1.807, 2.05) is 24.3 Å². The van der Waals surface area contributed by atoms with Crippen molar-refractivity contribution in [2.75, 3.05) is 26.3 Å². The van der Waals surface area contributed by atoms with Gasteiger partial charge in [0.2, 0.25) is 0 Å². The lowest BCUT2D eigenvalue weighted by Crippen LogP contribution is -2.26. The van der Waals surface area contributed by atoms with Gasteiger partial charge in [-0.15, -0.1) is 0 Å². The van der Waals surface area contributed by atoms with Gasteiger partial charge in [-0.05, 0) is 96.2 Å². The average molecular weight is 498 g/mol. The van der Waals surface area contributed by atoms with Crippen LogP contribution in [-0.4, -0.2) is 48.3 Å². The predicted molar refractivity (Wildman–Crippen MR) is 136 cm³/mol. The minimum absolute atomic E-state index is 0.0980. The van der Waals surface area contributed by atoms with Crippen LogP contribution < -0.4 is 4.74 Å². The van der Waals surface area contributed by atoms with Crippen LogP contribution in [0.5, 0.6) is 11.5 Å².